The fourth-order valence-corrected chi connectivity index (χ4v) is 5.84. The number of carbonyl (C=O) groups is 2. The molecule has 7 nitrogen and oxygen atoms in total. The van der Waals surface area contributed by atoms with Gasteiger partial charge in [0.15, 0.2) is 5.76 Å². The molecule has 2 atom stereocenters. The highest BCUT2D eigenvalue weighted by molar-refractivity contribution is 6.09. The molecular formula is C28H36N4O3. The van der Waals surface area contributed by atoms with Crippen LogP contribution < -0.4 is 15.1 Å². The van der Waals surface area contributed by atoms with Crippen molar-refractivity contribution in [3.05, 3.63) is 59.7 Å². The lowest BCUT2D eigenvalue weighted by atomic mass is 9.96. The number of carbonyl (C=O) groups excluding carboxylic acids is 2. The molecule has 5 rings (SSSR count). The topological polar surface area (TPSA) is 69.0 Å². The number of hydrogen-bond donors (Lipinski definition) is 1. The fraction of sp³-hybridized carbons (Fsp3) is 0.500. The molecule has 1 aromatic heterocycles. The zero-order valence-electron chi connectivity index (χ0n) is 20.8. The SMILES string of the molecule is CC(=O)N1c2ccc(C3CNCCN3C3=CCCCCCC3)cc2N(C(=O)c2ccco2)CC1C. The van der Waals surface area contributed by atoms with Crippen LogP contribution in [0.4, 0.5) is 11.4 Å². The van der Waals surface area contributed by atoms with Crippen LogP contribution in [0.15, 0.2) is 52.8 Å². The Balaban J connectivity index is 1.53. The van der Waals surface area contributed by atoms with Crippen molar-refractivity contribution in [2.45, 2.75) is 64.5 Å². The van der Waals surface area contributed by atoms with Crippen LogP contribution >= 0.6 is 0 Å². The number of furan rings is 1. The van der Waals surface area contributed by atoms with Crippen LogP contribution in [0.2, 0.25) is 0 Å². The van der Waals surface area contributed by atoms with E-state index in [2.05, 4.69) is 28.4 Å². The minimum absolute atomic E-state index is 0.0165. The number of benzene rings is 1. The van der Waals surface area contributed by atoms with Crippen molar-refractivity contribution >= 4 is 23.2 Å². The second kappa shape index (κ2) is 10.3. The first-order chi connectivity index (χ1) is 17.0. The largest absolute Gasteiger partial charge is 0.459 e. The van der Waals surface area contributed by atoms with Crippen molar-refractivity contribution in [3.8, 4) is 0 Å². The third kappa shape index (κ3) is 4.74. The molecule has 1 aliphatic carbocycles. The molecule has 1 N–H and O–H groups in total. The molecule has 7 heteroatoms. The molecule has 0 radical (unpaired) electrons. The zero-order valence-corrected chi connectivity index (χ0v) is 20.8. The number of rotatable bonds is 3. The second-order valence-corrected chi connectivity index (χ2v) is 9.94. The minimum atomic E-state index is -0.176. The summed E-state index contributed by atoms with van der Waals surface area (Å²) in [4.78, 5) is 32.1. The standard InChI is InChI=1S/C28H36N4O3/c1-20-19-31(28(34)27-11-8-16-35-27)25-17-22(12-13-24(25)32(20)21(2)33)26-18-29-14-15-30(26)23-9-6-4-3-5-7-10-23/h8-9,11-13,16-17,20,26,29H,3-7,10,14-15,18-19H2,1-2H3. The van der Waals surface area contributed by atoms with Gasteiger partial charge in [-0.2, -0.15) is 0 Å². The summed E-state index contributed by atoms with van der Waals surface area (Å²) in [6.07, 6.45) is 11.4. The van der Waals surface area contributed by atoms with Gasteiger partial charge in [0, 0.05) is 38.8 Å². The molecule has 2 aliphatic heterocycles. The lowest BCUT2D eigenvalue weighted by Gasteiger charge is -2.43. The highest BCUT2D eigenvalue weighted by Gasteiger charge is 2.36. The Morgan fingerprint density at radius 1 is 1.09 bits per heavy atom. The molecule has 2 amide bonds. The van der Waals surface area contributed by atoms with Gasteiger partial charge in [0.05, 0.1) is 29.7 Å². The molecule has 3 heterocycles. The zero-order chi connectivity index (χ0) is 24.4. The van der Waals surface area contributed by atoms with E-state index >= 15 is 0 Å². The van der Waals surface area contributed by atoms with Crippen LogP contribution in [0.5, 0.6) is 0 Å². The van der Waals surface area contributed by atoms with Crippen LogP contribution in [-0.4, -0.2) is 48.9 Å². The monoisotopic (exact) mass is 476 g/mol. The second-order valence-electron chi connectivity index (χ2n) is 9.94. The lowest BCUT2D eigenvalue weighted by Crippen LogP contribution is -2.51. The quantitative estimate of drug-likeness (QED) is 0.685. The number of allylic oxidation sites excluding steroid dienone is 2. The van der Waals surface area contributed by atoms with Crippen LogP contribution in [0.1, 0.15) is 74.5 Å². The van der Waals surface area contributed by atoms with E-state index < -0.39 is 0 Å². The summed E-state index contributed by atoms with van der Waals surface area (Å²) in [6.45, 7) is 6.79. The molecule has 1 aromatic carbocycles. The summed E-state index contributed by atoms with van der Waals surface area (Å²) in [7, 11) is 0. The predicted molar refractivity (Wildman–Crippen MR) is 138 cm³/mol. The van der Waals surface area contributed by atoms with E-state index in [1.807, 2.05) is 13.0 Å². The molecule has 0 spiro atoms. The van der Waals surface area contributed by atoms with Gasteiger partial charge in [-0.1, -0.05) is 25.0 Å². The van der Waals surface area contributed by atoms with Crippen LogP contribution in [0, 0.1) is 0 Å². The Hall–Kier alpha value is -3.06. The van der Waals surface area contributed by atoms with Crippen molar-refractivity contribution in [2.75, 3.05) is 36.0 Å². The smallest absolute Gasteiger partial charge is 0.294 e. The summed E-state index contributed by atoms with van der Waals surface area (Å²) in [5, 5.41) is 3.57. The van der Waals surface area contributed by atoms with E-state index in [1.165, 1.54) is 37.6 Å². The average Bonchev–Trinajstić information content (AvgIpc) is 3.38. The minimum Gasteiger partial charge on any atom is -0.459 e. The van der Waals surface area contributed by atoms with Crippen molar-refractivity contribution < 1.29 is 14.0 Å². The lowest BCUT2D eigenvalue weighted by molar-refractivity contribution is -0.117. The van der Waals surface area contributed by atoms with Crippen LogP contribution in [-0.2, 0) is 4.79 Å². The van der Waals surface area contributed by atoms with E-state index in [0.29, 0.717) is 12.3 Å². The van der Waals surface area contributed by atoms with Gasteiger partial charge in [-0.05, 0) is 62.4 Å². The molecule has 2 unspecified atom stereocenters. The van der Waals surface area contributed by atoms with Crippen LogP contribution in [0.3, 0.4) is 0 Å². The van der Waals surface area contributed by atoms with Crippen LogP contribution in [0.25, 0.3) is 0 Å². The van der Waals surface area contributed by atoms with Gasteiger partial charge < -0.3 is 24.4 Å². The van der Waals surface area contributed by atoms with E-state index in [9.17, 15) is 9.59 Å². The van der Waals surface area contributed by atoms with Gasteiger partial charge in [0.1, 0.15) is 0 Å². The Bertz CT molecular complexity index is 1090. The maximum Gasteiger partial charge on any atom is 0.294 e. The van der Waals surface area contributed by atoms with E-state index in [4.69, 9.17) is 4.42 Å². The highest BCUT2D eigenvalue weighted by atomic mass is 16.3. The number of nitrogens with zero attached hydrogens (tertiary/aromatic N) is 3. The number of hydrogen-bond acceptors (Lipinski definition) is 5. The summed E-state index contributed by atoms with van der Waals surface area (Å²) < 4.78 is 5.44. The first kappa shape index (κ1) is 23.7. The molecule has 0 saturated carbocycles. The van der Waals surface area contributed by atoms with Gasteiger partial charge in [-0.15, -0.1) is 0 Å². The number of fused-ring (bicyclic) bond motifs is 1. The summed E-state index contributed by atoms with van der Waals surface area (Å²) in [5.41, 5.74) is 4.17. The molecule has 0 bridgehead atoms. The Labute approximate surface area is 207 Å². The summed E-state index contributed by atoms with van der Waals surface area (Å²) in [6, 6.07) is 9.75. The van der Waals surface area contributed by atoms with Gasteiger partial charge in [-0.3, -0.25) is 9.59 Å². The molecule has 2 aromatic rings. The molecule has 3 aliphatic rings. The van der Waals surface area contributed by atoms with E-state index in [1.54, 1.807) is 28.9 Å². The first-order valence-corrected chi connectivity index (χ1v) is 13.0. The molecule has 35 heavy (non-hydrogen) atoms. The summed E-state index contributed by atoms with van der Waals surface area (Å²) >= 11 is 0. The normalized spacial score (nSPS) is 23.3. The van der Waals surface area contributed by atoms with Gasteiger partial charge >= 0.3 is 0 Å². The molecule has 1 saturated heterocycles. The van der Waals surface area contributed by atoms with Gasteiger partial charge in [-0.25, -0.2) is 0 Å². The maximum atomic E-state index is 13.4. The Morgan fingerprint density at radius 2 is 1.94 bits per heavy atom. The van der Waals surface area contributed by atoms with E-state index in [0.717, 1.165) is 49.4 Å². The average molecular weight is 477 g/mol. The third-order valence-electron chi connectivity index (χ3n) is 7.52. The molecular weight excluding hydrogens is 440 g/mol. The molecule has 186 valence electrons. The number of nitrogens with one attached hydrogen (secondary N) is 1. The Morgan fingerprint density at radius 3 is 2.74 bits per heavy atom. The third-order valence-corrected chi connectivity index (χ3v) is 7.52. The van der Waals surface area contributed by atoms with Gasteiger partial charge in [0.25, 0.3) is 5.91 Å². The van der Waals surface area contributed by atoms with Crippen molar-refractivity contribution in [1.82, 2.24) is 10.2 Å². The summed E-state index contributed by atoms with van der Waals surface area (Å²) in [5.74, 6) is 0.118. The highest BCUT2D eigenvalue weighted by Crippen LogP contribution is 2.40. The first-order valence-electron chi connectivity index (χ1n) is 13.0. The fourth-order valence-electron chi connectivity index (χ4n) is 5.84. The number of piperazine rings is 1. The Kier molecular flexibility index (Phi) is 6.95. The van der Waals surface area contributed by atoms with Gasteiger partial charge in [0.2, 0.25) is 5.91 Å². The molecule has 1 fully saturated rings. The number of amides is 2. The number of anilines is 2. The maximum absolute atomic E-state index is 13.4. The van der Waals surface area contributed by atoms with E-state index in [-0.39, 0.29) is 23.9 Å². The van der Waals surface area contributed by atoms with Crippen molar-refractivity contribution in [3.63, 3.8) is 0 Å². The van der Waals surface area contributed by atoms with Crippen molar-refractivity contribution in [2.24, 2.45) is 0 Å². The predicted octanol–water partition coefficient (Wildman–Crippen LogP) is 4.87. The van der Waals surface area contributed by atoms with Crippen molar-refractivity contribution in [1.29, 1.82) is 0 Å².